The molecule has 0 amide bonds. The predicted molar refractivity (Wildman–Crippen MR) is 99.4 cm³/mol. The summed E-state index contributed by atoms with van der Waals surface area (Å²) in [6, 6.07) is 8.60. The van der Waals surface area contributed by atoms with Crippen LogP contribution in [0.2, 0.25) is 0 Å². The number of benzene rings is 1. The Bertz CT molecular complexity index is 981. The normalized spacial score (nSPS) is 15.2. The van der Waals surface area contributed by atoms with Crippen LogP contribution >= 0.6 is 0 Å². The largest absolute Gasteiger partial charge is 0.368 e. The molecule has 0 saturated carbocycles. The molecule has 4 rings (SSSR count). The summed E-state index contributed by atoms with van der Waals surface area (Å²) in [6.45, 7) is 5.70. The summed E-state index contributed by atoms with van der Waals surface area (Å²) < 4.78 is 3.21. The molecular weight excluding hydrogens is 316 g/mol. The van der Waals surface area contributed by atoms with Gasteiger partial charge in [-0.05, 0) is 24.6 Å². The van der Waals surface area contributed by atoms with E-state index in [0.717, 1.165) is 37.5 Å². The number of fused-ring (bicyclic) bond motifs is 1. The molecule has 0 radical (unpaired) electrons. The molecule has 1 saturated heterocycles. The quantitative estimate of drug-likeness (QED) is 0.705. The van der Waals surface area contributed by atoms with E-state index in [4.69, 9.17) is 0 Å². The highest BCUT2D eigenvalue weighted by molar-refractivity contribution is 5.84. The number of hydrogen-bond acceptors (Lipinski definition) is 5. The summed E-state index contributed by atoms with van der Waals surface area (Å²) in [5, 5.41) is 0. The zero-order chi connectivity index (χ0) is 17.6. The molecule has 0 aliphatic carbocycles. The van der Waals surface area contributed by atoms with E-state index >= 15 is 0 Å². The van der Waals surface area contributed by atoms with Crippen molar-refractivity contribution in [2.24, 2.45) is 14.1 Å². The fraction of sp³-hybridized carbons (Fsp3) is 0.389. The van der Waals surface area contributed by atoms with E-state index in [9.17, 15) is 4.79 Å². The van der Waals surface area contributed by atoms with Gasteiger partial charge in [0.15, 0.2) is 11.5 Å². The van der Waals surface area contributed by atoms with E-state index in [0.29, 0.717) is 5.65 Å². The van der Waals surface area contributed by atoms with Crippen molar-refractivity contribution in [1.82, 2.24) is 19.1 Å². The lowest BCUT2D eigenvalue weighted by Crippen LogP contribution is -2.47. The lowest BCUT2D eigenvalue weighted by Gasteiger charge is -2.37. The monoisotopic (exact) mass is 338 g/mol. The van der Waals surface area contributed by atoms with Crippen LogP contribution in [0.25, 0.3) is 11.2 Å². The van der Waals surface area contributed by atoms with Gasteiger partial charge in [0.1, 0.15) is 11.8 Å². The minimum absolute atomic E-state index is 0.0739. The van der Waals surface area contributed by atoms with E-state index < -0.39 is 0 Å². The van der Waals surface area contributed by atoms with Crippen LogP contribution in [0, 0.1) is 6.92 Å². The van der Waals surface area contributed by atoms with Gasteiger partial charge in [0.05, 0.1) is 0 Å². The highest BCUT2D eigenvalue weighted by Crippen LogP contribution is 2.24. The second-order valence-corrected chi connectivity index (χ2v) is 6.58. The Kier molecular flexibility index (Phi) is 3.71. The summed E-state index contributed by atoms with van der Waals surface area (Å²) in [5.74, 6) is 0.842. The fourth-order valence-corrected chi connectivity index (χ4v) is 3.55. The molecule has 0 bridgehead atoms. The third kappa shape index (κ3) is 2.56. The Balaban J connectivity index is 1.62. The van der Waals surface area contributed by atoms with Crippen LogP contribution in [-0.2, 0) is 14.1 Å². The number of aromatic nitrogens is 4. The van der Waals surface area contributed by atoms with Crippen LogP contribution in [0.15, 0.2) is 35.4 Å². The minimum atomic E-state index is -0.0739. The number of anilines is 2. The lowest BCUT2D eigenvalue weighted by atomic mass is 10.2. The maximum atomic E-state index is 12.2. The molecule has 7 heteroatoms. The number of imidazole rings is 1. The molecule has 130 valence electrons. The van der Waals surface area contributed by atoms with E-state index in [1.807, 2.05) is 0 Å². The first-order valence-corrected chi connectivity index (χ1v) is 8.49. The second-order valence-electron chi connectivity index (χ2n) is 6.58. The zero-order valence-electron chi connectivity index (χ0n) is 14.8. The van der Waals surface area contributed by atoms with Gasteiger partial charge < -0.3 is 9.80 Å². The third-order valence-corrected chi connectivity index (χ3v) is 4.96. The number of rotatable bonds is 2. The van der Waals surface area contributed by atoms with Gasteiger partial charge >= 0.3 is 5.69 Å². The highest BCUT2D eigenvalue weighted by atomic mass is 16.1. The van der Waals surface area contributed by atoms with Gasteiger partial charge in [0, 0.05) is 46.0 Å². The molecule has 1 aromatic carbocycles. The van der Waals surface area contributed by atoms with Crippen molar-refractivity contribution in [2.45, 2.75) is 6.92 Å². The number of piperazine rings is 1. The number of hydrogen-bond donors (Lipinski definition) is 0. The SMILES string of the molecule is Cc1cccc(N2CCN(c3ncnc4c3n(C)c(=O)n4C)CC2)c1. The summed E-state index contributed by atoms with van der Waals surface area (Å²) in [6.07, 6.45) is 1.55. The molecule has 0 N–H and O–H groups in total. The van der Waals surface area contributed by atoms with E-state index in [2.05, 4.69) is 51.0 Å². The van der Waals surface area contributed by atoms with Gasteiger partial charge in [-0.15, -0.1) is 0 Å². The first-order valence-electron chi connectivity index (χ1n) is 8.49. The molecular formula is C18H22N6O. The van der Waals surface area contributed by atoms with Crippen molar-refractivity contribution in [3.8, 4) is 0 Å². The van der Waals surface area contributed by atoms with Gasteiger partial charge in [-0.2, -0.15) is 0 Å². The zero-order valence-corrected chi connectivity index (χ0v) is 14.8. The predicted octanol–water partition coefficient (Wildman–Crippen LogP) is 1.30. The first kappa shape index (κ1) is 15.7. The van der Waals surface area contributed by atoms with Crippen LogP contribution in [0.5, 0.6) is 0 Å². The Labute approximate surface area is 146 Å². The maximum Gasteiger partial charge on any atom is 0.329 e. The van der Waals surface area contributed by atoms with Crippen LogP contribution in [0.4, 0.5) is 11.5 Å². The molecule has 0 unspecified atom stereocenters. The third-order valence-electron chi connectivity index (χ3n) is 4.96. The number of nitrogens with zero attached hydrogens (tertiary/aromatic N) is 6. The van der Waals surface area contributed by atoms with Gasteiger partial charge in [-0.1, -0.05) is 12.1 Å². The second kappa shape index (κ2) is 5.91. The van der Waals surface area contributed by atoms with Gasteiger partial charge in [-0.3, -0.25) is 9.13 Å². The molecule has 1 aliphatic rings. The minimum Gasteiger partial charge on any atom is -0.368 e. The molecule has 3 heterocycles. The van der Waals surface area contributed by atoms with Crippen molar-refractivity contribution in [1.29, 1.82) is 0 Å². The van der Waals surface area contributed by atoms with Crippen molar-refractivity contribution in [3.05, 3.63) is 46.6 Å². The topological polar surface area (TPSA) is 59.2 Å². The average molecular weight is 338 g/mol. The summed E-state index contributed by atoms with van der Waals surface area (Å²) in [4.78, 5) is 25.6. The van der Waals surface area contributed by atoms with E-state index in [1.54, 1.807) is 29.6 Å². The molecule has 25 heavy (non-hydrogen) atoms. The smallest absolute Gasteiger partial charge is 0.329 e. The Hall–Kier alpha value is -2.83. The molecule has 1 aliphatic heterocycles. The van der Waals surface area contributed by atoms with Crippen LogP contribution < -0.4 is 15.5 Å². The van der Waals surface area contributed by atoms with Gasteiger partial charge in [0.25, 0.3) is 0 Å². The molecule has 1 fully saturated rings. The van der Waals surface area contributed by atoms with Crippen LogP contribution in [-0.4, -0.2) is 45.3 Å². The first-order chi connectivity index (χ1) is 12.1. The van der Waals surface area contributed by atoms with Crippen molar-refractivity contribution < 1.29 is 0 Å². The van der Waals surface area contributed by atoms with Crippen LogP contribution in [0.3, 0.4) is 0 Å². The molecule has 0 atom stereocenters. The van der Waals surface area contributed by atoms with Gasteiger partial charge in [0.2, 0.25) is 0 Å². The van der Waals surface area contributed by atoms with Crippen molar-refractivity contribution >= 4 is 22.7 Å². The summed E-state index contributed by atoms with van der Waals surface area (Å²) in [7, 11) is 3.53. The Morgan fingerprint density at radius 3 is 2.40 bits per heavy atom. The molecule has 7 nitrogen and oxygen atoms in total. The van der Waals surface area contributed by atoms with Crippen molar-refractivity contribution in [2.75, 3.05) is 36.0 Å². The van der Waals surface area contributed by atoms with Crippen molar-refractivity contribution in [3.63, 3.8) is 0 Å². The molecule has 3 aromatic rings. The van der Waals surface area contributed by atoms with E-state index in [-0.39, 0.29) is 5.69 Å². The highest BCUT2D eigenvalue weighted by Gasteiger charge is 2.23. The summed E-state index contributed by atoms with van der Waals surface area (Å²) in [5.41, 5.74) is 3.95. The Morgan fingerprint density at radius 1 is 0.960 bits per heavy atom. The number of aryl methyl sites for hydroxylation is 3. The Morgan fingerprint density at radius 2 is 1.68 bits per heavy atom. The summed E-state index contributed by atoms with van der Waals surface area (Å²) >= 11 is 0. The van der Waals surface area contributed by atoms with Gasteiger partial charge in [-0.25, -0.2) is 14.8 Å². The molecule has 0 spiro atoms. The van der Waals surface area contributed by atoms with Crippen LogP contribution in [0.1, 0.15) is 5.56 Å². The lowest BCUT2D eigenvalue weighted by molar-refractivity contribution is 0.647. The maximum absolute atomic E-state index is 12.2. The van der Waals surface area contributed by atoms with E-state index in [1.165, 1.54) is 11.3 Å². The standard InChI is InChI=1S/C18H22N6O/c1-13-5-4-6-14(11-13)23-7-9-24(10-8-23)17-15-16(19-12-20-17)22(3)18(25)21(15)2/h4-6,11-12H,7-10H2,1-3H3. The fourth-order valence-electron chi connectivity index (χ4n) is 3.55. The molecule has 2 aromatic heterocycles. The average Bonchev–Trinajstić information content (AvgIpc) is 2.86.